The first-order chi connectivity index (χ1) is 9.61. The first-order valence-corrected chi connectivity index (χ1v) is 6.55. The molecule has 0 saturated heterocycles. The minimum atomic E-state index is -0.174. The molecular formula is C16H18N2O2. The number of carbonyl (C=O) groups excluding carboxylic acids is 1. The molecule has 2 aromatic rings. The van der Waals surface area contributed by atoms with Gasteiger partial charge in [0.2, 0.25) is 0 Å². The van der Waals surface area contributed by atoms with Crippen molar-refractivity contribution in [2.24, 2.45) is 0 Å². The van der Waals surface area contributed by atoms with Crippen LogP contribution in [0.1, 0.15) is 22.8 Å². The molecule has 0 saturated carbocycles. The van der Waals surface area contributed by atoms with E-state index >= 15 is 0 Å². The highest BCUT2D eigenvalue weighted by Crippen LogP contribution is 2.22. The molecule has 0 aliphatic rings. The van der Waals surface area contributed by atoms with Gasteiger partial charge in [-0.2, -0.15) is 0 Å². The lowest BCUT2D eigenvalue weighted by Gasteiger charge is -2.11. The number of aryl methyl sites for hydroxylation is 1. The van der Waals surface area contributed by atoms with Crippen LogP contribution in [0.2, 0.25) is 0 Å². The Morgan fingerprint density at radius 2 is 1.95 bits per heavy atom. The quantitative estimate of drug-likeness (QED) is 0.746. The van der Waals surface area contributed by atoms with Crippen molar-refractivity contribution in [2.75, 3.05) is 17.2 Å². The molecule has 0 bridgehead atoms. The molecule has 4 nitrogen and oxygen atoms in total. The standard InChI is InChI=1S/C16H18N2O2/c1-3-17-14-7-5-4-6-13(14)16(20)18-12-8-9-15(19)11(2)10-12/h4-10,17,19H,3H2,1-2H3,(H,18,20). The fraction of sp³-hybridized carbons (Fsp3) is 0.188. The normalized spacial score (nSPS) is 10.1. The number of phenols is 1. The zero-order chi connectivity index (χ0) is 14.5. The summed E-state index contributed by atoms with van der Waals surface area (Å²) in [4.78, 5) is 12.3. The maximum absolute atomic E-state index is 12.3. The van der Waals surface area contributed by atoms with E-state index in [0.29, 0.717) is 11.3 Å². The van der Waals surface area contributed by atoms with E-state index in [4.69, 9.17) is 0 Å². The Morgan fingerprint density at radius 3 is 2.65 bits per heavy atom. The molecule has 0 atom stereocenters. The molecule has 2 rings (SSSR count). The molecule has 3 N–H and O–H groups in total. The number of rotatable bonds is 4. The Kier molecular flexibility index (Phi) is 4.25. The van der Waals surface area contributed by atoms with E-state index in [9.17, 15) is 9.90 Å². The van der Waals surface area contributed by atoms with Crippen molar-refractivity contribution in [1.29, 1.82) is 0 Å². The summed E-state index contributed by atoms with van der Waals surface area (Å²) in [5.74, 6) is 0.0442. The molecule has 0 spiro atoms. The summed E-state index contributed by atoms with van der Waals surface area (Å²) in [5, 5.41) is 15.5. The smallest absolute Gasteiger partial charge is 0.257 e. The van der Waals surface area contributed by atoms with Crippen molar-refractivity contribution in [3.63, 3.8) is 0 Å². The van der Waals surface area contributed by atoms with Crippen molar-refractivity contribution in [2.45, 2.75) is 13.8 Å². The first kappa shape index (κ1) is 13.9. The molecule has 0 aliphatic carbocycles. The van der Waals surface area contributed by atoms with Gasteiger partial charge in [0.05, 0.1) is 5.56 Å². The van der Waals surface area contributed by atoms with Crippen molar-refractivity contribution in [3.05, 3.63) is 53.6 Å². The Hall–Kier alpha value is -2.49. The van der Waals surface area contributed by atoms with Crippen LogP contribution in [0.3, 0.4) is 0 Å². The SMILES string of the molecule is CCNc1ccccc1C(=O)Nc1ccc(O)c(C)c1. The number of phenolic OH excluding ortho intramolecular Hbond substituents is 1. The second kappa shape index (κ2) is 6.10. The second-order valence-electron chi connectivity index (χ2n) is 4.53. The summed E-state index contributed by atoms with van der Waals surface area (Å²) in [6.07, 6.45) is 0. The van der Waals surface area contributed by atoms with E-state index in [2.05, 4.69) is 10.6 Å². The molecule has 4 heteroatoms. The van der Waals surface area contributed by atoms with Crippen LogP contribution in [0.25, 0.3) is 0 Å². The van der Waals surface area contributed by atoms with Crippen LogP contribution in [0.15, 0.2) is 42.5 Å². The van der Waals surface area contributed by atoms with Gasteiger partial charge in [-0.1, -0.05) is 12.1 Å². The van der Waals surface area contributed by atoms with E-state index in [1.165, 1.54) is 0 Å². The first-order valence-electron chi connectivity index (χ1n) is 6.55. The zero-order valence-electron chi connectivity index (χ0n) is 11.6. The third kappa shape index (κ3) is 3.09. The van der Waals surface area contributed by atoms with Crippen LogP contribution in [0.5, 0.6) is 5.75 Å². The van der Waals surface area contributed by atoms with Gasteiger partial charge in [0.15, 0.2) is 0 Å². The van der Waals surface area contributed by atoms with Crippen LogP contribution in [0.4, 0.5) is 11.4 Å². The number of amides is 1. The largest absolute Gasteiger partial charge is 0.508 e. The Morgan fingerprint density at radius 1 is 1.20 bits per heavy atom. The summed E-state index contributed by atoms with van der Waals surface area (Å²) >= 11 is 0. The number of benzene rings is 2. The molecule has 0 fully saturated rings. The van der Waals surface area contributed by atoms with E-state index in [0.717, 1.165) is 17.8 Å². The van der Waals surface area contributed by atoms with Crippen molar-refractivity contribution < 1.29 is 9.90 Å². The van der Waals surface area contributed by atoms with Crippen LogP contribution < -0.4 is 10.6 Å². The van der Waals surface area contributed by atoms with Crippen molar-refractivity contribution in [3.8, 4) is 5.75 Å². The maximum atomic E-state index is 12.3. The number of carbonyl (C=O) groups is 1. The number of hydrogen-bond donors (Lipinski definition) is 3. The lowest BCUT2D eigenvalue weighted by molar-refractivity contribution is 0.102. The highest BCUT2D eigenvalue weighted by atomic mass is 16.3. The highest BCUT2D eigenvalue weighted by molar-refractivity contribution is 6.08. The van der Waals surface area contributed by atoms with Crippen LogP contribution in [-0.4, -0.2) is 17.6 Å². The van der Waals surface area contributed by atoms with Crippen LogP contribution in [-0.2, 0) is 0 Å². The third-order valence-electron chi connectivity index (χ3n) is 2.99. The van der Waals surface area contributed by atoms with E-state index < -0.39 is 0 Å². The fourth-order valence-corrected chi connectivity index (χ4v) is 1.96. The summed E-state index contributed by atoms with van der Waals surface area (Å²) in [6, 6.07) is 12.4. The molecule has 0 radical (unpaired) electrons. The van der Waals surface area contributed by atoms with Gasteiger partial charge in [-0.15, -0.1) is 0 Å². The van der Waals surface area contributed by atoms with Gasteiger partial charge in [0.1, 0.15) is 5.75 Å². The van der Waals surface area contributed by atoms with E-state index in [-0.39, 0.29) is 11.7 Å². The molecule has 0 aromatic heterocycles. The van der Waals surface area contributed by atoms with Gasteiger partial charge in [0, 0.05) is 17.9 Å². The molecule has 0 unspecified atom stereocenters. The van der Waals surface area contributed by atoms with Gasteiger partial charge in [-0.25, -0.2) is 0 Å². The zero-order valence-corrected chi connectivity index (χ0v) is 11.6. The third-order valence-corrected chi connectivity index (χ3v) is 2.99. The number of anilines is 2. The molecule has 1 amide bonds. The summed E-state index contributed by atoms with van der Waals surface area (Å²) in [6.45, 7) is 4.53. The van der Waals surface area contributed by atoms with Crippen molar-refractivity contribution >= 4 is 17.3 Å². The van der Waals surface area contributed by atoms with Gasteiger partial charge >= 0.3 is 0 Å². The van der Waals surface area contributed by atoms with Gasteiger partial charge in [-0.05, 0) is 49.7 Å². The summed E-state index contributed by atoms with van der Waals surface area (Å²) in [7, 11) is 0. The lowest BCUT2D eigenvalue weighted by atomic mass is 10.1. The van der Waals surface area contributed by atoms with Gasteiger partial charge in [-0.3, -0.25) is 4.79 Å². The average molecular weight is 270 g/mol. The van der Waals surface area contributed by atoms with Crippen LogP contribution >= 0.6 is 0 Å². The predicted octanol–water partition coefficient (Wildman–Crippen LogP) is 3.38. The Labute approximate surface area is 118 Å². The number of para-hydroxylation sites is 1. The number of nitrogens with one attached hydrogen (secondary N) is 2. The van der Waals surface area contributed by atoms with Gasteiger partial charge < -0.3 is 15.7 Å². The minimum absolute atomic E-state index is 0.174. The lowest BCUT2D eigenvalue weighted by Crippen LogP contribution is -2.14. The minimum Gasteiger partial charge on any atom is -0.508 e. The Bertz CT molecular complexity index is 624. The molecule has 0 heterocycles. The molecule has 104 valence electrons. The van der Waals surface area contributed by atoms with Crippen molar-refractivity contribution in [1.82, 2.24) is 0 Å². The molecule has 0 aliphatic heterocycles. The highest BCUT2D eigenvalue weighted by Gasteiger charge is 2.11. The number of hydrogen-bond acceptors (Lipinski definition) is 3. The molecule has 2 aromatic carbocycles. The average Bonchev–Trinajstić information content (AvgIpc) is 2.44. The van der Waals surface area contributed by atoms with E-state index in [1.54, 1.807) is 31.2 Å². The van der Waals surface area contributed by atoms with Crippen LogP contribution in [0, 0.1) is 6.92 Å². The summed E-state index contributed by atoms with van der Waals surface area (Å²) in [5.41, 5.74) is 2.79. The van der Waals surface area contributed by atoms with E-state index in [1.807, 2.05) is 25.1 Å². The van der Waals surface area contributed by atoms with Gasteiger partial charge in [0.25, 0.3) is 5.91 Å². The second-order valence-corrected chi connectivity index (χ2v) is 4.53. The molecular weight excluding hydrogens is 252 g/mol. The monoisotopic (exact) mass is 270 g/mol. The fourth-order valence-electron chi connectivity index (χ4n) is 1.96. The molecule has 20 heavy (non-hydrogen) atoms. The predicted molar refractivity (Wildman–Crippen MR) is 81.4 cm³/mol. The maximum Gasteiger partial charge on any atom is 0.257 e. The summed E-state index contributed by atoms with van der Waals surface area (Å²) < 4.78 is 0. The Balaban J connectivity index is 2.21. The number of aromatic hydroxyl groups is 1. The topological polar surface area (TPSA) is 61.4 Å².